The molecule has 0 radical (unpaired) electrons. The summed E-state index contributed by atoms with van der Waals surface area (Å²) < 4.78 is 0. The number of hydrogen-bond acceptors (Lipinski definition) is 7. The van der Waals surface area contributed by atoms with Crippen molar-refractivity contribution >= 4 is 34.1 Å². The van der Waals surface area contributed by atoms with Gasteiger partial charge < -0.3 is 0 Å². The number of hydrogen-bond donors (Lipinski definition) is 1. The second-order valence-electron chi connectivity index (χ2n) is 4.55. The molecule has 0 aliphatic heterocycles. The van der Waals surface area contributed by atoms with Crippen LogP contribution < -0.4 is 5.32 Å². The number of aryl methyl sites for hydroxylation is 2. The lowest BCUT2D eigenvalue weighted by Crippen LogP contribution is -2.24. The molecular formula is C14H15N5OS2. The first-order chi connectivity index (χ1) is 10.5. The number of nitrogens with one attached hydrogen (secondary N) is 1. The van der Waals surface area contributed by atoms with E-state index < -0.39 is 0 Å². The van der Waals surface area contributed by atoms with E-state index >= 15 is 0 Å². The summed E-state index contributed by atoms with van der Waals surface area (Å²) in [5.74, 6) is -0.157. The number of amides is 1. The number of nitriles is 1. The Kier molecular flexibility index (Phi) is 5.46. The number of nitrogens with zero attached hydrogens (tertiary/aromatic N) is 4. The summed E-state index contributed by atoms with van der Waals surface area (Å²) in [6.45, 7) is 5.61. The van der Waals surface area contributed by atoms with E-state index in [4.69, 9.17) is 5.26 Å². The molecule has 22 heavy (non-hydrogen) atoms. The molecule has 2 rings (SSSR count). The van der Waals surface area contributed by atoms with Crippen LogP contribution in [0.1, 0.15) is 29.6 Å². The van der Waals surface area contributed by atoms with Gasteiger partial charge in [-0.2, -0.15) is 5.26 Å². The molecule has 0 aliphatic carbocycles. The average Bonchev–Trinajstić information content (AvgIpc) is 2.90. The molecule has 1 atom stereocenters. The number of anilines is 1. The second-order valence-corrected chi connectivity index (χ2v) is 6.92. The molecule has 1 N–H and O–H groups in total. The van der Waals surface area contributed by atoms with Gasteiger partial charge in [-0.15, -0.1) is 10.2 Å². The zero-order valence-electron chi connectivity index (χ0n) is 12.5. The fourth-order valence-electron chi connectivity index (χ4n) is 1.70. The lowest BCUT2D eigenvalue weighted by molar-refractivity contribution is -0.115. The van der Waals surface area contributed by atoms with Crippen molar-refractivity contribution in [3.05, 3.63) is 28.4 Å². The Labute approximate surface area is 137 Å². The number of carbonyl (C=O) groups excluding carboxylic acids is 1. The Morgan fingerprint density at radius 3 is 2.82 bits per heavy atom. The third-order valence-corrected chi connectivity index (χ3v) is 4.91. The van der Waals surface area contributed by atoms with E-state index in [9.17, 15) is 4.79 Å². The number of pyridine rings is 1. The molecule has 2 aromatic rings. The summed E-state index contributed by atoms with van der Waals surface area (Å²) in [5, 5.41) is 21.2. The molecule has 0 fully saturated rings. The molecule has 0 saturated heterocycles. The predicted molar refractivity (Wildman–Crippen MR) is 86.9 cm³/mol. The van der Waals surface area contributed by atoms with E-state index in [2.05, 4.69) is 26.6 Å². The monoisotopic (exact) mass is 333 g/mol. The van der Waals surface area contributed by atoms with Crippen molar-refractivity contribution in [1.29, 1.82) is 5.26 Å². The van der Waals surface area contributed by atoms with Crippen LogP contribution in [0.5, 0.6) is 0 Å². The van der Waals surface area contributed by atoms with Gasteiger partial charge in [-0.25, -0.2) is 4.98 Å². The lowest BCUT2D eigenvalue weighted by atomic mass is 10.3. The third kappa shape index (κ3) is 4.02. The van der Waals surface area contributed by atoms with Gasteiger partial charge in [-0.1, -0.05) is 30.0 Å². The topological polar surface area (TPSA) is 91.6 Å². The van der Waals surface area contributed by atoms with E-state index in [0.717, 1.165) is 10.7 Å². The zero-order valence-corrected chi connectivity index (χ0v) is 14.1. The number of rotatable bonds is 5. The van der Waals surface area contributed by atoms with Crippen LogP contribution in [0.2, 0.25) is 0 Å². The van der Waals surface area contributed by atoms with Crippen LogP contribution in [0, 0.1) is 25.2 Å². The normalized spacial score (nSPS) is 11.7. The van der Waals surface area contributed by atoms with Gasteiger partial charge in [0.15, 0.2) is 0 Å². The van der Waals surface area contributed by atoms with Gasteiger partial charge in [-0.05, 0) is 32.4 Å². The summed E-state index contributed by atoms with van der Waals surface area (Å²) in [7, 11) is 0. The minimum absolute atomic E-state index is 0.157. The molecule has 2 heterocycles. The summed E-state index contributed by atoms with van der Waals surface area (Å²) in [6.07, 6.45) is 0.620. The second kappa shape index (κ2) is 7.33. The van der Waals surface area contributed by atoms with Crippen molar-refractivity contribution in [2.45, 2.75) is 37.5 Å². The summed E-state index contributed by atoms with van der Waals surface area (Å²) in [6, 6.07) is 5.62. The molecule has 1 amide bonds. The highest BCUT2D eigenvalue weighted by Gasteiger charge is 2.21. The summed E-state index contributed by atoms with van der Waals surface area (Å²) >= 11 is 2.63. The molecule has 0 bridgehead atoms. The first kappa shape index (κ1) is 16.4. The molecule has 0 saturated carbocycles. The van der Waals surface area contributed by atoms with Crippen molar-refractivity contribution in [3.8, 4) is 6.07 Å². The van der Waals surface area contributed by atoms with Gasteiger partial charge >= 0.3 is 0 Å². The van der Waals surface area contributed by atoms with Crippen molar-refractivity contribution in [2.24, 2.45) is 0 Å². The van der Waals surface area contributed by atoms with Crippen LogP contribution >= 0.6 is 23.1 Å². The Morgan fingerprint density at radius 2 is 2.23 bits per heavy atom. The first-order valence-corrected chi connectivity index (χ1v) is 8.38. The van der Waals surface area contributed by atoms with Crippen LogP contribution in [-0.4, -0.2) is 26.3 Å². The van der Waals surface area contributed by atoms with Gasteiger partial charge in [0.2, 0.25) is 11.0 Å². The van der Waals surface area contributed by atoms with Gasteiger partial charge in [-0.3, -0.25) is 10.1 Å². The van der Waals surface area contributed by atoms with Gasteiger partial charge in [0.25, 0.3) is 0 Å². The highest BCUT2D eigenvalue weighted by atomic mass is 32.2. The first-order valence-electron chi connectivity index (χ1n) is 6.68. The van der Waals surface area contributed by atoms with Crippen LogP contribution in [-0.2, 0) is 4.79 Å². The summed E-state index contributed by atoms with van der Waals surface area (Å²) in [4.78, 5) is 16.7. The molecule has 0 spiro atoms. The fourth-order valence-corrected chi connectivity index (χ4v) is 3.33. The molecule has 114 valence electrons. The van der Waals surface area contributed by atoms with Crippen molar-refractivity contribution in [3.63, 3.8) is 0 Å². The average molecular weight is 333 g/mol. The van der Waals surface area contributed by atoms with Gasteiger partial charge in [0.1, 0.15) is 16.1 Å². The Bertz CT molecular complexity index is 722. The highest BCUT2D eigenvalue weighted by molar-refractivity contribution is 8.00. The zero-order chi connectivity index (χ0) is 16.1. The Hall–Kier alpha value is -1.98. The van der Waals surface area contributed by atoms with Crippen LogP contribution in [0.3, 0.4) is 0 Å². The maximum absolute atomic E-state index is 12.3. The molecule has 0 aliphatic rings. The molecule has 8 heteroatoms. The minimum atomic E-state index is -0.342. The lowest BCUT2D eigenvalue weighted by Gasteiger charge is -2.13. The van der Waals surface area contributed by atoms with Gasteiger partial charge in [0, 0.05) is 5.69 Å². The largest absolute Gasteiger partial charge is 0.300 e. The van der Waals surface area contributed by atoms with Crippen molar-refractivity contribution in [2.75, 3.05) is 5.32 Å². The van der Waals surface area contributed by atoms with Crippen molar-refractivity contribution < 1.29 is 4.79 Å². The molecule has 2 aromatic heterocycles. The molecule has 0 aromatic carbocycles. The van der Waals surface area contributed by atoms with Gasteiger partial charge in [0.05, 0.1) is 10.8 Å². The van der Waals surface area contributed by atoms with E-state index in [1.54, 1.807) is 12.1 Å². The highest BCUT2D eigenvalue weighted by Crippen LogP contribution is 2.28. The Morgan fingerprint density at radius 1 is 1.45 bits per heavy atom. The molecule has 1 unspecified atom stereocenters. The molecule has 6 nitrogen and oxygen atoms in total. The van der Waals surface area contributed by atoms with Crippen molar-refractivity contribution in [1.82, 2.24) is 15.2 Å². The molecular weight excluding hydrogens is 318 g/mol. The van der Waals surface area contributed by atoms with E-state index in [1.807, 2.05) is 20.8 Å². The summed E-state index contributed by atoms with van der Waals surface area (Å²) in [5.41, 5.74) is 1.30. The van der Waals surface area contributed by atoms with Crippen LogP contribution in [0.15, 0.2) is 17.2 Å². The number of thioether (sulfide) groups is 1. The van der Waals surface area contributed by atoms with E-state index in [-0.39, 0.29) is 11.2 Å². The third-order valence-electron chi connectivity index (χ3n) is 2.79. The maximum atomic E-state index is 12.3. The smallest absolute Gasteiger partial charge is 0.239 e. The van der Waals surface area contributed by atoms with E-state index in [1.165, 1.54) is 23.1 Å². The SMILES string of the molecule is CCC(Sc1nc(C)ccc1C#N)C(=O)Nc1nnc(C)s1. The Balaban J connectivity index is 2.13. The predicted octanol–water partition coefficient (Wildman–Crippen LogP) is 2.93. The number of aromatic nitrogens is 3. The maximum Gasteiger partial charge on any atom is 0.239 e. The fraction of sp³-hybridized carbons (Fsp3) is 0.357. The number of carbonyl (C=O) groups is 1. The standard InChI is InChI=1S/C14H15N5OS2/c1-4-11(12(20)17-14-19-18-9(3)21-14)22-13-10(7-15)6-5-8(2)16-13/h5-6,11H,4H2,1-3H3,(H,17,19,20). The van der Waals surface area contributed by atoms with Crippen LogP contribution in [0.4, 0.5) is 5.13 Å². The van der Waals surface area contributed by atoms with E-state index in [0.29, 0.717) is 22.1 Å². The minimum Gasteiger partial charge on any atom is -0.300 e. The quantitative estimate of drug-likeness (QED) is 0.846. The van der Waals surface area contributed by atoms with Crippen LogP contribution in [0.25, 0.3) is 0 Å².